The number of amides is 3. The molecule has 0 aliphatic carbocycles. The van der Waals surface area contributed by atoms with Crippen LogP contribution in [-0.2, 0) is 14.4 Å². The van der Waals surface area contributed by atoms with E-state index in [0.29, 0.717) is 26.2 Å². The molecular formula is C48H94N4O4. The molecule has 330 valence electrons. The Labute approximate surface area is 347 Å². The molecular weight excluding hydrogens is 697 g/mol. The second-order valence-corrected chi connectivity index (χ2v) is 16.4. The fourth-order valence-corrected chi connectivity index (χ4v) is 7.38. The van der Waals surface area contributed by atoms with E-state index in [1.54, 1.807) is 9.80 Å². The highest BCUT2D eigenvalue weighted by atomic mass is 16.3. The molecule has 0 spiro atoms. The Hall–Kier alpha value is -1.93. The molecule has 0 aromatic carbocycles. The van der Waals surface area contributed by atoms with Gasteiger partial charge in [-0.15, -0.1) is 0 Å². The van der Waals surface area contributed by atoms with Crippen LogP contribution < -0.4 is 5.32 Å². The SMILES string of the molecule is CCCCCCCC/C=C\CCCCCCCCN(CC(=O)N(CC)CCCCCCCCCC)C(=O)CN(CCCCCCCCCC)C(=O)CNCCO. The topological polar surface area (TPSA) is 93.2 Å². The van der Waals surface area contributed by atoms with Gasteiger partial charge in [-0.1, -0.05) is 181 Å². The molecule has 8 nitrogen and oxygen atoms in total. The van der Waals surface area contributed by atoms with E-state index in [2.05, 4.69) is 38.2 Å². The number of nitrogens with zero attached hydrogens (tertiary/aromatic N) is 3. The molecule has 0 fully saturated rings. The Balaban J connectivity index is 5.14. The first-order chi connectivity index (χ1) is 27.4. The summed E-state index contributed by atoms with van der Waals surface area (Å²) in [5.74, 6) is -0.244. The Bertz CT molecular complexity index is 914. The standard InChI is InChI=1S/C48H94N4O4/c1-5-9-12-15-18-21-22-23-24-25-26-27-28-31-34-37-41-52(44-47(55)50(8-4)39-35-32-29-19-16-13-10-6-2)48(56)45-51(46(54)43-49-38-42-53)40-36-33-30-20-17-14-11-7-3/h23-24,49,53H,5-22,25-45H2,1-4H3/b24-23-. The number of hydrogen-bond acceptors (Lipinski definition) is 5. The van der Waals surface area contributed by atoms with E-state index < -0.39 is 0 Å². The number of rotatable bonds is 43. The van der Waals surface area contributed by atoms with Crippen LogP contribution in [0.3, 0.4) is 0 Å². The van der Waals surface area contributed by atoms with Crippen molar-refractivity contribution in [3.8, 4) is 0 Å². The fraction of sp³-hybridized carbons (Fsp3) is 0.896. The molecule has 0 unspecified atom stereocenters. The molecule has 56 heavy (non-hydrogen) atoms. The first-order valence-electron chi connectivity index (χ1n) is 24.2. The normalized spacial score (nSPS) is 11.4. The van der Waals surface area contributed by atoms with Crippen molar-refractivity contribution in [3.63, 3.8) is 0 Å². The maximum absolute atomic E-state index is 14.0. The van der Waals surface area contributed by atoms with Crippen molar-refractivity contribution in [1.82, 2.24) is 20.0 Å². The third-order valence-electron chi connectivity index (χ3n) is 11.2. The predicted octanol–water partition coefficient (Wildman–Crippen LogP) is 11.4. The van der Waals surface area contributed by atoms with Crippen LogP contribution in [0.2, 0.25) is 0 Å². The minimum atomic E-state index is -0.135. The first-order valence-corrected chi connectivity index (χ1v) is 24.2. The van der Waals surface area contributed by atoms with E-state index in [9.17, 15) is 19.5 Å². The lowest BCUT2D eigenvalue weighted by Crippen LogP contribution is -2.49. The third-order valence-corrected chi connectivity index (χ3v) is 11.2. The summed E-state index contributed by atoms with van der Waals surface area (Å²) in [6.45, 7) is 11.7. The zero-order valence-electron chi connectivity index (χ0n) is 37.7. The Morgan fingerprint density at radius 2 is 0.750 bits per heavy atom. The smallest absolute Gasteiger partial charge is 0.242 e. The van der Waals surface area contributed by atoms with Crippen molar-refractivity contribution < 1.29 is 19.5 Å². The molecule has 0 radical (unpaired) electrons. The van der Waals surface area contributed by atoms with Crippen molar-refractivity contribution in [1.29, 1.82) is 0 Å². The van der Waals surface area contributed by atoms with Crippen LogP contribution in [-0.4, -0.2) is 96.5 Å². The molecule has 0 saturated heterocycles. The van der Waals surface area contributed by atoms with E-state index in [1.165, 1.54) is 135 Å². The predicted molar refractivity (Wildman–Crippen MR) is 240 cm³/mol. The zero-order chi connectivity index (χ0) is 41.2. The number of likely N-dealkylation sites (N-methyl/N-ethyl adjacent to an activating group) is 1. The fourth-order valence-electron chi connectivity index (χ4n) is 7.38. The van der Waals surface area contributed by atoms with Crippen LogP contribution >= 0.6 is 0 Å². The minimum Gasteiger partial charge on any atom is -0.395 e. The number of nitrogens with one attached hydrogen (secondary N) is 1. The second kappa shape index (κ2) is 42.7. The Morgan fingerprint density at radius 1 is 0.429 bits per heavy atom. The van der Waals surface area contributed by atoms with E-state index in [1.807, 2.05) is 11.8 Å². The van der Waals surface area contributed by atoms with E-state index in [-0.39, 0.29) is 44.0 Å². The van der Waals surface area contributed by atoms with Gasteiger partial charge in [0.05, 0.1) is 26.2 Å². The average molecular weight is 791 g/mol. The average Bonchev–Trinajstić information content (AvgIpc) is 3.20. The van der Waals surface area contributed by atoms with Crippen LogP contribution in [0.1, 0.15) is 220 Å². The highest BCUT2D eigenvalue weighted by molar-refractivity contribution is 5.88. The Morgan fingerprint density at radius 3 is 1.12 bits per heavy atom. The van der Waals surface area contributed by atoms with Gasteiger partial charge in [-0.2, -0.15) is 0 Å². The van der Waals surface area contributed by atoms with Gasteiger partial charge < -0.3 is 25.1 Å². The van der Waals surface area contributed by atoms with Crippen molar-refractivity contribution >= 4 is 17.7 Å². The third kappa shape index (κ3) is 34.1. The van der Waals surface area contributed by atoms with Gasteiger partial charge in [-0.3, -0.25) is 14.4 Å². The summed E-state index contributed by atoms with van der Waals surface area (Å²) in [5, 5.41) is 12.2. The molecule has 0 rings (SSSR count). The van der Waals surface area contributed by atoms with Gasteiger partial charge in [0.2, 0.25) is 17.7 Å². The molecule has 2 N–H and O–H groups in total. The van der Waals surface area contributed by atoms with Gasteiger partial charge in [-0.05, 0) is 51.9 Å². The van der Waals surface area contributed by atoms with Gasteiger partial charge >= 0.3 is 0 Å². The van der Waals surface area contributed by atoms with Gasteiger partial charge in [0.25, 0.3) is 0 Å². The zero-order valence-corrected chi connectivity index (χ0v) is 37.7. The summed E-state index contributed by atoms with van der Waals surface area (Å²) in [6, 6.07) is 0. The lowest BCUT2D eigenvalue weighted by atomic mass is 10.1. The van der Waals surface area contributed by atoms with E-state index >= 15 is 0 Å². The molecule has 3 amide bonds. The number of carbonyl (C=O) groups is 3. The maximum atomic E-state index is 14.0. The maximum Gasteiger partial charge on any atom is 0.242 e. The number of hydrogen-bond donors (Lipinski definition) is 2. The van der Waals surface area contributed by atoms with Gasteiger partial charge in [0.1, 0.15) is 0 Å². The van der Waals surface area contributed by atoms with Crippen LogP contribution in [0, 0.1) is 0 Å². The molecule has 0 saturated carbocycles. The van der Waals surface area contributed by atoms with E-state index in [4.69, 9.17) is 0 Å². The lowest BCUT2D eigenvalue weighted by Gasteiger charge is -2.30. The summed E-state index contributed by atoms with van der Waals surface area (Å²) >= 11 is 0. The van der Waals surface area contributed by atoms with Crippen molar-refractivity contribution in [2.75, 3.05) is 59.0 Å². The van der Waals surface area contributed by atoms with Crippen LogP contribution in [0.4, 0.5) is 0 Å². The quantitative estimate of drug-likeness (QED) is 0.0474. The minimum absolute atomic E-state index is 0.0000501. The molecule has 0 aromatic heterocycles. The molecule has 0 heterocycles. The summed E-state index contributed by atoms with van der Waals surface area (Å²) < 4.78 is 0. The number of unbranched alkanes of at least 4 members (excludes halogenated alkanes) is 26. The highest BCUT2D eigenvalue weighted by Gasteiger charge is 2.24. The van der Waals surface area contributed by atoms with Gasteiger partial charge in [0, 0.05) is 32.7 Å². The molecule has 8 heteroatoms. The Kier molecular flexibility index (Phi) is 41.2. The molecule has 0 aliphatic heterocycles. The molecule has 0 aliphatic rings. The molecule has 0 aromatic rings. The van der Waals surface area contributed by atoms with E-state index in [0.717, 1.165) is 64.3 Å². The summed E-state index contributed by atoms with van der Waals surface area (Å²) in [5.41, 5.74) is 0. The number of aliphatic hydroxyl groups excluding tert-OH is 1. The number of allylic oxidation sites excluding steroid dienone is 2. The van der Waals surface area contributed by atoms with Crippen molar-refractivity contribution in [3.05, 3.63) is 12.2 Å². The number of carbonyl (C=O) groups excluding carboxylic acids is 3. The largest absolute Gasteiger partial charge is 0.395 e. The second-order valence-electron chi connectivity index (χ2n) is 16.4. The lowest BCUT2D eigenvalue weighted by molar-refractivity contribution is -0.144. The van der Waals surface area contributed by atoms with Crippen molar-refractivity contribution in [2.45, 2.75) is 220 Å². The number of aliphatic hydroxyl groups is 1. The van der Waals surface area contributed by atoms with Gasteiger partial charge in [-0.25, -0.2) is 0 Å². The monoisotopic (exact) mass is 791 g/mol. The molecule has 0 atom stereocenters. The van der Waals surface area contributed by atoms with Gasteiger partial charge in [0.15, 0.2) is 0 Å². The summed E-state index contributed by atoms with van der Waals surface area (Å²) in [7, 11) is 0. The van der Waals surface area contributed by atoms with Crippen molar-refractivity contribution in [2.24, 2.45) is 0 Å². The molecule has 0 bridgehead atoms. The highest BCUT2D eigenvalue weighted by Crippen LogP contribution is 2.13. The summed E-state index contributed by atoms with van der Waals surface area (Å²) in [6.07, 6.45) is 41.1. The summed E-state index contributed by atoms with van der Waals surface area (Å²) in [4.78, 5) is 46.2. The van der Waals surface area contributed by atoms with Crippen LogP contribution in [0.5, 0.6) is 0 Å². The first kappa shape index (κ1) is 54.1. The van der Waals surface area contributed by atoms with Crippen LogP contribution in [0.15, 0.2) is 12.2 Å². The van der Waals surface area contributed by atoms with Crippen LogP contribution in [0.25, 0.3) is 0 Å².